The Labute approximate surface area is 108 Å². The molecular weight excluding hydrogens is 228 g/mol. The van der Waals surface area contributed by atoms with E-state index in [1.165, 1.54) is 0 Å². The summed E-state index contributed by atoms with van der Waals surface area (Å²) in [6, 6.07) is 2.11. The van der Waals surface area contributed by atoms with Crippen molar-refractivity contribution in [2.75, 3.05) is 11.9 Å². The van der Waals surface area contributed by atoms with E-state index in [0.717, 1.165) is 12.1 Å². The van der Waals surface area contributed by atoms with E-state index < -0.39 is 0 Å². The van der Waals surface area contributed by atoms with Crippen LogP contribution < -0.4 is 10.6 Å². The van der Waals surface area contributed by atoms with Gasteiger partial charge in [-0.1, -0.05) is 19.0 Å². The highest BCUT2D eigenvalue weighted by atomic mass is 16.4. The van der Waals surface area contributed by atoms with E-state index in [1.807, 2.05) is 7.05 Å². The summed E-state index contributed by atoms with van der Waals surface area (Å²) < 4.78 is 0. The monoisotopic (exact) mass is 250 g/mol. The first-order chi connectivity index (χ1) is 8.47. The maximum Gasteiger partial charge on any atom is 0.172 e. The molecule has 1 atom stereocenters. The van der Waals surface area contributed by atoms with Gasteiger partial charge in [-0.15, -0.1) is 0 Å². The van der Waals surface area contributed by atoms with Crippen LogP contribution in [0.1, 0.15) is 32.8 Å². The quantitative estimate of drug-likeness (QED) is 0.363. The molecule has 18 heavy (non-hydrogen) atoms. The smallest absolute Gasteiger partial charge is 0.172 e. The van der Waals surface area contributed by atoms with Gasteiger partial charge in [-0.3, -0.25) is 4.98 Å². The summed E-state index contributed by atoms with van der Waals surface area (Å²) in [5, 5.41) is 11.9. The van der Waals surface area contributed by atoms with Crippen LogP contribution in [-0.4, -0.2) is 29.1 Å². The average Bonchev–Trinajstić information content (AvgIpc) is 2.36. The molecule has 1 heterocycles. The summed E-state index contributed by atoms with van der Waals surface area (Å²) in [6.07, 6.45) is 4.45. The molecule has 0 aromatic carbocycles. The van der Waals surface area contributed by atoms with Crippen LogP contribution in [0.4, 0.5) is 5.69 Å². The van der Waals surface area contributed by atoms with Crippen LogP contribution in [0.5, 0.6) is 0 Å². The third-order valence-electron chi connectivity index (χ3n) is 3.04. The van der Waals surface area contributed by atoms with Crippen LogP contribution in [0, 0.1) is 5.92 Å². The molecule has 0 fully saturated rings. The second-order valence-corrected chi connectivity index (χ2v) is 4.97. The van der Waals surface area contributed by atoms with Crippen molar-refractivity contribution in [3.63, 3.8) is 0 Å². The molecule has 0 spiro atoms. The van der Waals surface area contributed by atoms with Crippen molar-refractivity contribution in [3.8, 4) is 0 Å². The molecule has 0 saturated heterocycles. The molecule has 0 aliphatic heterocycles. The molecule has 5 nitrogen and oxygen atoms in total. The molecular formula is C13H22N4O. The molecule has 0 aliphatic rings. The van der Waals surface area contributed by atoms with Crippen molar-refractivity contribution in [3.05, 3.63) is 24.0 Å². The normalized spacial score (nSPS) is 13.7. The van der Waals surface area contributed by atoms with Crippen LogP contribution >= 0.6 is 0 Å². The van der Waals surface area contributed by atoms with Gasteiger partial charge in [0.15, 0.2) is 5.84 Å². The fourth-order valence-corrected chi connectivity index (χ4v) is 2.02. The first-order valence-corrected chi connectivity index (χ1v) is 6.12. The molecule has 1 unspecified atom stereocenters. The number of nitrogens with two attached hydrogens (primary N) is 1. The standard InChI is InChI=1S/C13H22N4O/c1-9(2)7-10(3)17(4)12-8-15-6-5-11(12)13(14)16-18/h5-6,8-10,18H,7H2,1-4H3,(H2,14,16). The van der Waals surface area contributed by atoms with Crippen LogP contribution in [0.3, 0.4) is 0 Å². The van der Waals surface area contributed by atoms with Gasteiger partial charge < -0.3 is 15.8 Å². The number of hydrogen-bond acceptors (Lipinski definition) is 4. The van der Waals surface area contributed by atoms with Gasteiger partial charge in [0.1, 0.15) is 0 Å². The van der Waals surface area contributed by atoms with E-state index in [-0.39, 0.29) is 5.84 Å². The van der Waals surface area contributed by atoms with E-state index >= 15 is 0 Å². The Kier molecular flexibility index (Phi) is 4.95. The van der Waals surface area contributed by atoms with E-state index in [9.17, 15) is 0 Å². The first kappa shape index (κ1) is 14.3. The zero-order valence-corrected chi connectivity index (χ0v) is 11.5. The molecule has 0 aliphatic carbocycles. The van der Waals surface area contributed by atoms with E-state index in [0.29, 0.717) is 17.5 Å². The van der Waals surface area contributed by atoms with Crippen LogP contribution in [-0.2, 0) is 0 Å². The summed E-state index contributed by atoms with van der Waals surface area (Å²) in [4.78, 5) is 6.22. The largest absolute Gasteiger partial charge is 0.409 e. The Morgan fingerprint density at radius 3 is 2.72 bits per heavy atom. The summed E-state index contributed by atoms with van der Waals surface area (Å²) in [7, 11) is 2.00. The lowest BCUT2D eigenvalue weighted by Gasteiger charge is -2.29. The van der Waals surface area contributed by atoms with Gasteiger partial charge in [-0.2, -0.15) is 0 Å². The number of oxime groups is 1. The third kappa shape index (κ3) is 3.35. The molecule has 1 aromatic rings. The zero-order valence-electron chi connectivity index (χ0n) is 11.5. The number of nitrogens with zero attached hydrogens (tertiary/aromatic N) is 3. The summed E-state index contributed by atoms with van der Waals surface area (Å²) >= 11 is 0. The van der Waals surface area contributed by atoms with Crippen molar-refractivity contribution in [1.82, 2.24) is 4.98 Å². The minimum atomic E-state index is 0.107. The number of amidine groups is 1. The maximum atomic E-state index is 8.80. The average molecular weight is 250 g/mol. The second-order valence-electron chi connectivity index (χ2n) is 4.97. The number of anilines is 1. The number of pyridine rings is 1. The summed E-state index contributed by atoms with van der Waals surface area (Å²) in [5.74, 6) is 0.724. The van der Waals surface area contributed by atoms with Crippen molar-refractivity contribution < 1.29 is 5.21 Å². The maximum absolute atomic E-state index is 8.80. The molecule has 0 amide bonds. The third-order valence-corrected chi connectivity index (χ3v) is 3.04. The van der Waals surface area contributed by atoms with Gasteiger partial charge in [-0.25, -0.2) is 0 Å². The SMILES string of the molecule is CC(C)CC(C)N(C)c1cnccc1/C(N)=N/O. The van der Waals surface area contributed by atoms with Crippen molar-refractivity contribution in [1.29, 1.82) is 0 Å². The van der Waals surface area contributed by atoms with Crippen molar-refractivity contribution >= 4 is 11.5 Å². The molecule has 100 valence electrons. The number of hydrogen-bond donors (Lipinski definition) is 2. The second kappa shape index (κ2) is 6.23. The van der Waals surface area contributed by atoms with Gasteiger partial charge >= 0.3 is 0 Å². The van der Waals surface area contributed by atoms with E-state index in [1.54, 1.807) is 18.5 Å². The Hall–Kier alpha value is -1.78. The lowest BCUT2D eigenvalue weighted by atomic mass is 10.0. The van der Waals surface area contributed by atoms with E-state index in [4.69, 9.17) is 10.9 Å². The predicted octanol–water partition coefficient (Wildman–Crippen LogP) is 2.05. The molecule has 1 aromatic heterocycles. The van der Waals surface area contributed by atoms with Gasteiger partial charge in [0.2, 0.25) is 0 Å². The molecule has 1 rings (SSSR count). The lowest BCUT2D eigenvalue weighted by molar-refractivity contribution is 0.318. The predicted molar refractivity (Wildman–Crippen MR) is 74.1 cm³/mol. The molecule has 0 saturated carbocycles. The van der Waals surface area contributed by atoms with Crippen LogP contribution in [0.25, 0.3) is 0 Å². The van der Waals surface area contributed by atoms with Crippen molar-refractivity contribution in [2.24, 2.45) is 16.8 Å². The summed E-state index contributed by atoms with van der Waals surface area (Å²) in [6.45, 7) is 6.54. The lowest BCUT2D eigenvalue weighted by Crippen LogP contribution is -2.32. The fourth-order valence-electron chi connectivity index (χ4n) is 2.02. The van der Waals surface area contributed by atoms with Crippen molar-refractivity contribution in [2.45, 2.75) is 33.2 Å². The molecule has 3 N–H and O–H groups in total. The number of aromatic nitrogens is 1. The van der Waals surface area contributed by atoms with Crippen LogP contribution in [0.15, 0.2) is 23.6 Å². The van der Waals surface area contributed by atoms with Gasteiger partial charge in [-0.05, 0) is 25.3 Å². The summed E-state index contributed by atoms with van der Waals surface area (Å²) in [5.41, 5.74) is 7.26. The van der Waals surface area contributed by atoms with E-state index in [2.05, 4.69) is 35.8 Å². The number of rotatable bonds is 5. The Bertz CT molecular complexity index is 417. The van der Waals surface area contributed by atoms with Crippen LogP contribution in [0.2, 0.25) is 0 Å². The van der Waals surface area contributed by atoms with Gasteiger partial charge in [0.25, 0.3) is 0 Å². The molecule has 0 bridgehead atoms. The topological polar surface area (TPSA) is 74.7 Å². The Morgan fingerprint density at radius 1 is 1.50 bits per heavy atom. The van der Waals surface area contributed by atoms with Gasteiger partial charge in [0, 0.05) is 24.8 Å². The highest BCUT2D eigenvalue weighted by molar-refractivity contribution is 6.01. The Morgan fingerprint density at radius 2 is 2.17 bits per heavy atom. The Balaban J connectivity index is 3.02. The molecule has 0 radical (unpaired) electrons. The minimum Gasteiger partial charge on any atom is -0.409 e. The zero-order chi connectivity index (χ0) is 13.7. The molecule has 5 heteroatoms. The minimum absolute atomic E-state index is 0.107. The fraction of sp³-hybridized carbons (Fsp3) is 0.538. The highest BCUT2D eigenvalue weighted by Crippen LogP contribution is 2.22. The highest BCUT2D eigenvalue weighted by Gasteiger charge is 2.16. The van der Waals surface area contributed by atoms with Gasteiger partial charge in [0.05, 0.1) is 11.9 Å². The first-order valence-electron chi connectivity index (χ1n) is 6.12.